The molecule has 6 nitrogen and oxygen atoms in total. The van der Waals surface area contributed by atoms with E-state index >= 15 is 0 Å². The highest BCUT2D eigenvalue weighted by Gasteiger charge is 2.56. The Morgan fingerprint density at radius 3 is 1.93 bits per heavy atom. The zero-order chi connectivity index (χ0) is 10.5. The monoisotopic (exact) mass is 215 g/mol. The zero-order valence-corrected chi connectivity index (χ0v) is 8.92. The number of nitrogens with one attached hydrogen (secondary N) is 3. The number of rotatable bonds is 3. The minimum atomic E-state index is -0.899. The van der Waals surface area contributed by atoms with Crippen LogP contribution in [0.2, 0.25) is 0 Å². The summed E-state index contributed by atoms with van der Waals surface area (Å²) in [5.41, 5.74) is 0. The van der Waals surface area contributed by atoms with Crippen LogP contribution in [0.15, 0.2) is 0 Å². The number of nitrogens with zero attached hydrogens (tertiary/aromatic N) is 1. The molecule has 84 valence electrons. The van der Waals surface area contributed by atoms with Crippen LogP contribution < -0.4 is 19.8 Å². The average molecular weight is 215 g/mol. The molecule has 4 fully saturated rings. The van der Waals surface area contributed by atoms with E-state index in [9.17, 15) is 9.90 Å². The first kappa shape index (κ1) is 9.53. The van der Waals surface area contributed by atoms with Crippen molar-refractivity contribution in [1.82, 2.24) is 0 Å². The third-order valence-electron chi connectivity index (χ3n) is 3.97. The quantitative estimate of drug-likeness (QED) is 0.410. The van der Waals surface area contributed by atoms with E-state index in [2.05, 4.69) is 0 Å². The predicted molar refractivity (Wildman–Crippen MR) is 46.8 cm³/mol. The lowest BCUT2D eigenvalue weighted by molar-refractivity contribution is -1.43. The number of hydrogen-bond donors (Lipinski definition) is 3. The largest absolute Gasteiger partial charge is 0.550 e. The van der Waals surface area contributed by atoms with Gasteiger partial charge in [0.25, 0.3) is 0 Å². The molecular weight excluding hydrogens is 196 g/mol. The highest BCUT2D eigenvalue weighted by atomic mass is 16.4. The molecule has 6 heteroatoms. The van der Waals surface area contributed by atoms with Gasteiger partial charge in [0.05, 0.1) is 6.54 Å². The molecule has 4 saturated heterocycles. The second-order valence-electron chi connectivity index (χ2n) is 5.44. The van der Waals surface area contributed by atoms with E-state index < -0.39 is 5.97 Å². The Morgan fingerprint density at radius 2 is 1.53 bits per heavy atom. The van der Waals surface area contributed by atoms with Crippen molar-refractivity contribution in [1.29, 1.82) is 0 Å². The average Bonchev–Trinajstić information content (AvgIpc) is 2.12. The summed E-state index contributed by atoms with van der Waals surface area (Å²) in [4.78, 5) is 15.5. The summed E-state index contributed by atoms with van der Waals surface area (Å²) in [6.45, 7) is 7.83. The molecule has 4 heterocycles. The standard InChI is InChI=1S/C9H16N4O2/c14-9(15)1-2-13-6-10-3-11(7-13)5-12(4-10)8-13/h1-8H2/p+3. The minimum absolute atomic E-state index is 0.216. The molecule has 4 aliphatic rings. The topological polar surface area (TPSA) is 53.4 Å². The maximum Gasteiger partial charge on any atom is 0.223 e. The molecule has 0 radical (unpaired) electrons. The summed E-state index contributed by atoms with van der Waals surface area (Å²) < 4.78 is 0.994. The van der Waals surface area contributed by atoms with E-state index in [1.807, 2.05) is 0 Å². The van der Waals surface area contributed by atoms with Crippen molar-refractivity contribution in [3.8, 4) is 0 Å². The lowest BCUT2D eigenvalue weighted by Gasteiger charge is -2.52. The van der Waals surface area contributed by atoms with Crippen molar-refractivity contribution in [3.05, 3.63) is 0 Å². The van der Waals surface area contributed by atoms with Gasteiger partial charge < -0.3 is 9.90 Å². The van der Waals surface area contributed by atoms with Crippen LogP contribution in [0.5, 0.6) is 0 Å². The van der Waals surface area contributed by atoms with Gasteiger partial charge in [0.15, 0.2) is 0 Å². The lowest BCUT2D eigenvalue weighted by Crippen LogP contribution is -3.57. The Morgan fingerprint density at radius 1 is 1.07 bits per heavy atom. The molecule has 4 bridgehead atoms. The molecule has 0 atom stereocenters. The van der Waals surface area contributed by atoms with Crippen molar-refractivity contribution >= 4 is 5.97 Å². The zero-order valence-electron chi connectivity index (χ0n) is 8.92. The number of carboxylic acid groups (broad SMARTS) is 1. The van der Waals surface area contributed by atoms with Crippen molar-refractivity contribution in [2.75, 3.05) is 46.6 Å². The minimum Gasteiger partial charge on any atom is -0.550 e. The Bertz CT molecular complexity index is 259. The van der Waals surface area contributed by atoms with Gasteiger partial charge in [-0.15, -0.1) is 0 Å². The van der Waals surface area contributed by atoms with Crippen LogP contribution in [0.3, 0.4) is 0 Å². The number of carboxylic acids is 1. The summed E-state index contributed by atoms with van der Waals surface area (Å²) in [6.07, 6.45) is 0.216. The Kier molecular flexibility index (Phi) is 2.00. The maximum absolute atomic E-state index is 10.6. The highest BCUT2D eigenvalue weighted by molar-refractivity contribution is 5.64. The van der Waals surface area contributed by atoms with Crippen molar-refractivity contribution < 1.29 is 29.1 Å². The first-order valence-corrected chi connectivity index (χ1v) is 5.71. The fourth-order valence-corrected chi connectivity index (χ4v) is 3.74. The molecule has 15 heavy (non-hydrogen) atoms. The van der Waals surface area contributed by atoms with Crippen molar-refractivity contribution in [2.45, 2.75) is 6.42 Å². The second-order valence-corrected chi connectivity index (χ2v) is 5.44. The molecule has 4 rings (SSSR count). The molecule has 4 aliphatic heterocycles. The Balaban J connectivity index is 1.72. The van der Waals surface area contributed by atoms with Crippen LogP contribution in [0.25, 0.3) is 0 Å². The van der Waals surface area contributed by atoms with Gasteiger partial charge >= 0.3 is 0 Å². The van der Waals surface area contributed by atoms with Crippen molar-refractivity contribution in [3.63, 3.8) is 0 Å². The molecule has 0 spiro atoms. The number of carbonyl (C=O) groups is 1. The number of hydrogen-bond acceptors (Lipinski definition) is 2. The number of aliphatic carboxylic acids is 1. The van der Waals surface area contributed by atoms with Gasteiger partial charge in [0.2, 0.25) is 40.0 Å². The molecule has 0 aromatic carbocycles. The fourth-order valence-electron chi connectivity index (χ4n) is 3.74. The van der Waals surface area contributed by atoms with Gasteiger partial charge in [-0.1, -0.05) is 0 Å². The van der Waals surface area contributed by atoms with Crippen LogP contribution in [-0.2, 0) is 4.79 Å². The summed E-state index contributed by atoms with van der Waals surface area (Å²) in [5, 5.41) is 10.6. The molecule has 0 unspecified atom stereocenters. The summed E-state index contributed by atoms with van der Waals surface area (Å²) >= 11 is 0. The van der Waals surface area contributed by atoms with Crippen molar-refractivity contribution in [2.24, 2.45) is 0 Å². The summed E-state index contributed by atoms with van der Waals surface area (Å²) in [7, 11) is 0. The van der Waals surface area contributed by atoms with E-state index in [-0.39, 0.29) is 6.42 Å². The Hall–Kier alpha value is -0.690. The third-order valence-corrected chi connectivity index (χ3v) is 3.97. The van der Waals surface area contributed by atoms with E-state index in [4.69, 9.17) is 0 Å². The van der Waals surface area contributed by atoms with Crippen LogP contribution >= 0.6 is 0 Å². The molecule has 0 aromatic rings. The second kappa shape index (κ2) is 3.15. The normalized spacial score (nSPS) is 47.1. The van der Waals surface area contributed by atoms with E-state index in [0.717, 1.165) is 31.0 Å². The maximum atomic E-state index is 10.6. The van der Waals surface area contributed by atoms with Crippen LogP contribution in [0.1, 0.15) is 6.42 Å². The van der Waals surface area contributed by atoms with Crippen LogP contribution in [0, 0.1) is 0 Å². The van der Waals surface area contributed by atoms with Crippen LogP contribution in [0.4, 0.5) is 0 Å². The molecule has 0 aliphatic carbocycles. The SMILES string of the molecule is O=C([O-])CC[N+]12C[NH+]3C[NH+](C[NH+](C3)C1)C2. The molecule has 3 N–H and O–H groups in total. The molecule has 0 amide bonds. The van der Waals surface area contributed by atoms with Gasteiger partial charge in [-0.25, -0.2) is 0 Å². The van der Waals surface area contributed by atoms with Crippen LogP contribution in [-0.4, -0.2) is 57.0 Å². The third kappa shape index (κ3) is 1.63. The summed E-state index contributed by atoms with van der Waals surface area (Å²) in [5.74, 6) is -0.899. The lowest BCUT2D eigenvalue weighted by atomic mass is 10.2. The smallest absolute Gasteiger partial charge is 0.223 e. The number of carbonyl (C=O) groups excluding carboxylic acids is 1. The molecular formula is C9H19N4O2+3. The van der Waals surface area contributed by atoms with Gasteiger partial charge in [-0.3, -0.25) is 0 Å². The first-order valence-electron chi connectivity index (χ1n) is 5.71. The molecule has 0 aromatic heterocycles. The van der Waals surface area contributed by atoms with E-state index in [1.54, 1.807) is 14.7 Å². The molecule has 0 saturated carbocycles. The van der Waals surface area contributed by atoms with Gasteiger partial charge in [0.1, 0.15) is 0 Å². The first-order chi connectivity index (χ1) is 7.15. The van der Waals surface area contributed by atoms with Gasteiger partial charge in [-0.2, -0.15) is 19.2 Å². The van der Waals surface area contributed by atoms with E-state index in [1.165, 1.54) is 20.0 Å². The van der Waals surface area contributed by atoms with Gasteiger partial charge in [0, 0.05) is 12.4 Å². The predicted octanol–water partition coefficient (Wildman–Crippen LogP) is -6.62. The Labute approximate surface area is 88.8 Å². The highest BCUT2D eigenvalue weighted by Crippen LogP contribution is 2.04. The van der Waals surface area contributed by atoms with E-state index in [0.29, 0.717) is 0 Å². The summed E-state index contributed by atoms with van der Waals surface area (Å²) in [6, 6.07) is 0. The van der Waals surface area contributed by atoms with Gasteiger partial charge in [-0.05, 0) is 0 Å². The number of quaternary nitrogens is 4. The fraction of sp³-hybridized carbons (Fsp3) is 0.889.